The van der Waals surface area contributed by atoms with Gasteiger partial charge < -0.3 is 16.4 Å². The number of hydrogen-bond donors (Lipinski definition) is 5. The molecule has 1 aromatic heterocycles. The van der Waals surface area contributed by atoms with Gasteiger partial charge in [-0.3, -0.25) is 20.3 Å². The van der Waals surface area contributed by atoms with Gasteiger partial charge >= 0.3 is 6.03 Å². The van der Waals surface area contributed by atoms with E-state index in [-0.39, 0.29) is 22.8 Å². The molecule has 2 rings (SSSR count). The summed E-state index contributed by atoms with van der Waals surface area (Å²) in [4.78, 5) is 35.4. The first-order chi connectivity index (χ1) is 13.3. The maximum absolute atomic E-state index is 12.0. The molecule has 10 nitrogen and oxygen atoms in total. The lowest BCUT2D eigenvalue weighted by Gasteiger charge is -2.07. The van der Waals surface area contributed by atoms with Gasteiger partial charge in [0.05, 0.1) is 11.4 Å². The van der Waals surface area contributed by atoms with E-state index in [1.165, 1.54) is 18.8 Å². The van der Waals surface area contributed by atoms with Crippen molar-refractivity contribution < 1.29 is 14.4 Å². The van der Waals surface area contributed by atoms with Crippen molar-refractivity contribution in [3.8, 4) is 5.69 Å². The highest BCUT2D eigenvalue weighted by molar-refractivity contribution is 6.23. The summed E-state index contributed by atoms with van der Waals surface area (Å²) in [7, 11) is 2.76. The number of benzene rings is 1. The molecule has 1 heterocycles. The minimum absolute atomic E-state index is 0.179. The highest BCUT2D eigenvalue weighted by atomic mass is 16.2. The van der Waals surface area contributed by atoms with Crippen LogP contribution in [-0.2, 0) is 9.59 Å². The maximum atomic E-state index is 12.0. The molecule has 0 radical (unpaired) electrons. The number of nitrogens with zero attached hydrogens (tertiary/aromatic N) is 2. The molecular weight excluding hydrogens is 362 g/mol. The fourth-order valence-corrected chi connectivity index (χ4v) is 2.49. The summed E-state index contributed by atoms with van der Waals surface area (Å²) >= 11 is 0. The van der Waals surface area contributed by atoms with Crippen LogP contribution in [-0.4, -0.2) is 47.4 Å². The van der Waals surface area contributed by atoms with E-state index < -0.39 is 17.8 Å². The topological polar surface area (TPSA) is 155 Å². The Balaban J connectivity index is 2.59. The van der Waals surface area contributed by atoms with E-state index in [9.17, 15) is 14.4 Å². The summed E-state index contributed by atoms with van der Waals surface area (Å²) in [6.45, 7) is 1.65. The van der Waals surface area contributed by atoms with Crippen molar-refractivity contribution in [1.29, 1.82) is 5.41 Å². The molecule has 0 aliphatic carbocycles. The van der Waals surface area contributed by atoms with Crippen molar-refractivity contribution >= 4 is 29.4 Å². The van der Waals surface area contributed by atoms with Crippen molar-refractivity contribution in [2.24, 2.45) is 5.73 Å². The molecule has 1 aromatic carbocycles. The standard InChI is InChI=1S/C18H21N7O3/c1-10-14(13(19)9-12(16(26)21-2)17(27)22-3)24-25(15(10)23-18(20)28)11-7-5-4-6-8-11/h4-9,19H,1-3H3,(H,21,26)(H,22,27)(H3,20,23,28). The minimum atomic E-state index is -0.787. The number of primary amides is 1. The quantitative estimate of drug-likeness (QED) is 0.213. The third kappa shape index (κ3) is 4.23. The maximum Gasteiger partial charge on any atom is 0.317 e. The Hall–Kier alpha value is -3.95. The molecular formula is C18H21N7O3. The van der Waals surface area contributed by atoms with E-state index in [4.69, 9.17) is 11.1 Å². The third-order valence-electron chi connectivity index (χ3n) is 3.85. The van der Waals surface area contributed by atoms with Gasteiger partial charge in [0.1, 0.15) is 17.1 Å². The zero-order chi connectivity index (χ0) is 20.8. The van der Waals surface area contributed by atoms with E-state index in [2.05, 4.69) is 21.0 Å². The van der Waals surface area contributed by atoms with Gasteiger partial charge in [-0.05, 0) is 25.1 Å². The Morgan fingerprint density at radius 3 is 2.18 bits per heavy atom. The van der Waals surface area contributed by atoms with E-state index >= 15 is 0 Å². The second-order valence-electron chi connectivity index (χ2n) is 5.69. The highest BCUT2D eigenvalue weighted by Crippen LogP contribution is 2.24. The van der Waals surface area contributed by atoms with Crippen LogP contribution in [0.3, 0.4) is 0 Å². The van der Waals surface area contributed by atoms with Gasteiger partial charge in [-0.15, -0.1) is 0 Å². The molecule has 146 valence electrons. The minimum Gasteiger partial charge on any atom is -0.355 e. The lowest BCUT2D eigenvalue weighted by Crippen LogP contribution is -2.31. The van der Waals surface area contributed by atoms with Crippen molar-refractivity contribution in [2.75, 3.05) is 19.4 Å². The number of hydrogen-bond acceptors (Lipinski definition) is 5. The lowest BCUT2D eigenvalue weighted by atomic mass is 10.1. The molecule has 2 aromatic rings. The van der Waals surface area contributed by atoms with Gasteiger partial charge in [0, 0.05) is 19.7 Å². The highest BCUT2D eigenvalue weighted by Gasteiger charge is 2.22. The molecule has 10 heteroatoms. The number of nitrogens with two attached hydrogens (primary N) is 1. The van der Waals surface area contributed by atoms with Crippen LogP contribution in [0.15, 0.2) is 42.0 Å². The van der Waals surface area contributed by atoms with E-state index in [0.29, 0.717) is 11.3 Å². The fourth-order valence-electron chi connectivity index (χ4n) is 2.49. The van der Waals surface area contributed by atoms with Crippen LogP contribution in [0.25, 0.3) is 5.69 Å². The SMILES string of the molecule is CNC(=O)C(=CC(=N)c1nn(-c2ccccc2)c(NC(N)=O)c1C)C(=O)NC. The number of aromatic nitrogens is 2. The van der Waals surface area contributed by atoms with Crippen molar-refractivity contribution in [3.05, 3.63) is 53.2 Å². The first-order valence-electron chi connectivity index (χ1n) is 8.26. The molecule has 0 aliphatic rings. The predicted octanol–water partition coefficient (Wildman–Crippen LogP) is 0.458. The Kier molecular flexibility index (Phi) is 6.27. The van der Waals surface area contributed by atoms with Crippen molar-refractivity contribution in [1.82, 2.24) is 20.4 Å². The van der Waals surface area contributed by atoms with Gasteiger partial charge in [-0.25, -0.2) is 9.48 Å². The Morgan fingerprint density at radius 2 is 1.68 bits per heavy atom. The number of likely N-dealkylation sites (N-methyl/N-ethyl adjacent to an activating group) is 2. The Labute approximate surface area is 161 Å². The smallest absolute Gasteiger partial charge is 0.317 e. The van der Waals surface area contributed by atoms with Crippen LogP contribution in [0.1, 0.15) is 11.3 Å². The number of carbonyl (C=O) groups excluding carboxylic acids is 3. The molecule has 0 aliphatic heterocycles. The normalized spacial score (nSPS) is 9.96. The molecule has 0 unspecified atom stereocenters. The van der Waals surface area contributed by atoms with Crippen molar-refractivity contribution in [3.63, 3.8) is 0 Å². The predicted molar refractivity (Wildman–Crippen MR) is 105 cm³/mol. The number of anilines is 1. The second kappa shape index (κ2) is 8.62. The number of urea groups is 1. The third-order valence-corrected chi connectivity index (χ3v) is 3.85. The average molecular weight is 383 g/mol. The van der Waals surface area contributed by atoms with Gasteiger partial charge in [-0.2, -0.15) is 5.10 Å². The summed E-state index contributed by atoms with van der Waals surface area (Å²) < 4.78 is 1.43. The first-order valence-corrected chi connectivity index (χ1v) is 8.26. The van der Waals surface area contributed by atoms with Gasteiger partial charge in [-0.1, -0.05) is 18.2 Å². The van der Waals surface area contributed by atoms with Gasteiger partial charge in [0.15, 0.2) is 0 Å². The molecule has 0 atom stereocenters. The summed E-state index contributed by atoms with van der Waals surface area (Å²) in [5, 5.41) is 19.9. The fraction of sp³-hybridized carbons (Fsp3) is 0.167. The Bertz CT molecular complexity index is 943. The van der Waals surface area contributed by atoms with Crippen LogP contribution in [0, 0.1) is 12.3 Å². The number of carbonyl (C=O) groups is 3. The zero-order valence-corrected chi connectivity index (χ0v) is 15.7. The molecule has 0 saturated heterocycles. The van der Waals surface area contributed by atoms with Crippen LogP contribution in [0.2, 0.25) is 0 Å². The summed E-state index contributed by atoms with van der Waals surface area (Å²) in [6, 6.07) is 8.16. The van der Waals surface area contributed by atoms with Crippen molar-refractivity contribution in [2.45, 2.75) is 6.92 Å². The van der Waals surface area contributed by atoms with Gasteiger partial charge in [0.2, 0.25) is 0 Å². The molecule has 0 spiro atoms. The number of allylic oxidation sites excluding steroid dienone is 1. The Morgan fingerprint density at radius 1 is 1.11 bits per heavy atom. The first kappa shape index (κ1) is 20.4. The van der Waals surface area contributed by atoms with Gasteiger partial charge in [0.25, 0.3) is 11.8 Å². The lowest BCUT2D eigenvalue weighted by molar-refractivity contribution is -0.123. The summed E-state index contributed by atoms with van der Waals surface area (Å²) in [5.41, 5.74) is 6.11. The molecule has 0 bridgehead atoms. The zero-order valence-electron chi connectivity index (χ0n) is 15.7. The average Bonchev–Trinajstić information content (AvgIpc) is 3.01. The number of amides is 4. The second-order valence-corrected chi connectivity index (χ2v) is 5.69. The number of rotatable bonds is 6. The molecule has 4 amide bonds. The number of para-hydroxylation sites is 1. The summed E-state index contributed by atoms with van der Waals surface area (Å²) in [6.07, 6.45) is 1.12. The largest absolute Gasteiger partial charge is 0.355 e. The van der Waals surface area contributed by atoms with Crippen LogP contribution in [0.4, 0.5) is 10.6 Å². The van der Waals surface area contributed by atoms with Crippen LogP contribution in [0.5, 0.6) is 0 Å². The monoisotopic (exact) mass is 383 g/mol. The van der Waals surface area contributed by atoms with Crippen LogP contribution < -0.4 is 21.7 Å². The van der Waals surface area contributed by atoms with E-state index in [1.54, 1.807) is 31.2 Å². The molecule has 0 fully saturated rings. The van der Waals surface area contributed by atoms with Crippen LogP contribution >= 0.6 is 0 Å². The molecule has 0 saturated carbocycles. The molecule has 6 N–H and O–H groups in total. The van der Waals surface area contributed by atoms with E-state index in [0.717, 1.165) is 6.08 Å². The molecule has 28 heavy (non-hydrogen) atoms. The van der Waals surface area contributed by atoms with E-state index in [1.807, 2.05) is 6.07 Å². The summed E-state index contributed by atoms with van der Waals surface area (Å²) in [5.74, 6) is -0.993. The number of nitrogens with one attached hydrogen (secondary N) is 4.